The summed E-state index contributed by atoms with van der Waals surface area (Å²) in [7, 11) is -4.92. The van der Waals surface area contributed by atoms with E-state index >= 15 is 0 Å². The topological polar surface area (TPSA) is 106 Å². The van der Waals surface area contributed by atoms with Gasteiger partial charge < -0.3 is 9.54 Å². The molecule has 0 aliphatic heterocycles. The molecule has 2 N–H and O–H groups in total. The molecule has 0 atom stereocenters. The van der Waals surface area contributed by atoms with Crippen LogP contribution in [0.5, 0.6) is 0 Å². The van der Waals surface area contributed by atoms with E-state index in [4.69, 9.17) is 17.5 Å². The molecule has 0 aliphatic carbocycles. The Hall–Kier alpha value is 1.13. The van der Waals surface area contributed by atoms with Crippen LogP contribution in [0.2, 0.25) is 0 Å². The first kappa shape index (κ1) is 14.6. The van der Waals surface area contributed by atoms with Crippen molar-refractivity contribution in [2.24, 2.45) is 0 Å². The molecule has 0 aromatic carbocycles. The van der Waals surface area contributed by atoms with Gasteiger partial charge in [-0.05, 0) is 0 Å². The number of aromatic amines is 1. The van der Waals surface area contributed by atoms with Crippen LogP contribution < -0.4 is 68.9 Å². The van der Waals surface area contributed by atoms with Gasteiger partial charge in [0.1, 0.15) is 0 Å². The Balaban J connectivity index is 0. The first-order valence-corrected chi connectivity index (χ1v) is 3.47. The van der Waals surface area contributed by atoms with Gasteiger partial charge in [0, 0.05) is 12.4 Å². The summed E-state index contributed by atoms with van der Waals surface area (Å²) in [5.41, 5.74) is 0. The van der Waals surface area contributed by atoms with E-state index < -0.39 is 10.4 Å². The Morgan fingerprint density at radius 1 is 1.55 bits per heavy atom. The van der Waals surface area contributed by atoms with Crippen molar-refractivity contribution in [1.82, 2.24) is 9.97 Å². The van der Waals surface area contributed by atoms with Gasteiger partial charge in [-0.25, -0.2) is 13.4 Å². The van der Waals surface area contributed by atoms with Crippen LogP contribution in [-0.4, -0.2) is 27.5 Å². The van der Waals surface area contributed by atoms with Crippen molar-refractivity contribution in [3.63, 3.8) is 0 Å². The van der Waals surface area contributed by atoms with Crippen LogP contribution in [0.15, 0.2) is 18.7 Å². The van der Waals surface area contributed by atoms with Crippen molar-refractivity contribution in [3.05, 3.63) is 18.7 Å². The third-order valence-electron chi connectivity index (χ3n) is 0.406. The van der Waals surface area contributed by atoms with Crippen molar-refractivity contribution in [2.75, 3.05) is 0 Å². The summed E-state index contributed by atoms with van der Waals surface area (Å²) < 4.78 is 32.8. The Labute approximate surface area is 123 Å². The van der Waals surface area contributed by atoms with Gasteiger partial charge in [-0.1, -0.05) is 0 Å². The molecule has 0 unspecified atom stereocenters. The number of H-pyrrole nitrogens is 1. The second-order valence-corrected chi connectivity index (χ2v) is 2.04. The zero-order chi connectivity index (χ0) is 8.04. The SMILES string of the molecule is O=S(=O)([O-])O.[Cs+].c1c[nH]cn1. The van der Waals surface area contributed by atoms with Crippen molar-refractivity contribution < 1.29 is 86.4 Å². The van der Waals surface area contributed by atoms with Gasteiger partial charge in [-0.15, -0.1) is 0 Å². The maximum absolute atomic E-state index is 8.63. The van der Waals surface area contributed by atoms with Crippen LogP contribution >= 0.6 is 0 Å². The van der Waals surface area contributed by atoms with Gasteiger partial charge >= 0.3 is 68.9 Å². The van der Waals surface area contributed by atoms with Crippen LogP contribution in [0.25, 0.3) is 0 Å². The molecule has 0 spiro atoms. The number of rotatable bonds is 0. The molecular weight excluding hydrogens is 293 g/mol. The number of hydrogen-bond acceptors (Lipinski definition) is 4. The quantitative estimate of drug-likeness (QED) is 0.380. The first-order chi connectivity index (χ1) is 4.50. The van der Waals surface area contributed by atoms with Crippen LogP contribution in [0.4, 0.5) is 0 Å². The van der Waals surface area contributed by atoms with Crippen LogP contribution in [0.1, 0.15) is 0 Å². The predicted octanol–water partition coefficient (Wildman–Crippen LogP) is -3.58. The van der Waals surface area contributed by atoms with E-state index in [-0.39, 0.29) is 68.9 Å². The fourth-order valence-corrected chi connectivity index (χ4v) is 0.215. The average molecular weight is 298 g/mol. The summed E-state index contributed by atoms with van der Waals surface area (Å²) in [4.78, 5) is 6.42. The summed E-state index contributed by atoms with van der Waals surface area (Å²) in [6.07, 6.45) is 5.08. The van der Waals surface area contributed by atoms with Gasteiger partial charge in [0.25, 0.3) is 0 Å². The average Bonchev–Trinajstić information content (AvgIpc) is 2.07. The molecule has 0 amide bonds. The largest absolute Gasteiger partial charge is 1.00 e. The molecule has 11 heavy (non-hydrogen) atoms. The minimum atomic E-state index is -4.92. The molecule has 0 aliphatic rings. The maximum atomic E-state index is 8.63. The normalized spacial score (nSPS) is 8.91. The molecule has 0 bridgehead atoms. The zero-order valence-electron chi connectivity index (χ0n) is 5.76. The molecule has 0 saturated heterocycles. The Morgan fingerprint density at radius 3 is 2.09 bits per heavy atom. The number of imidazole rings is 1. The van der Waals surface area contributed by atoms with Gasteiger partial charge in [0.05, 0.1) is 6.33 Å². The molecule has 8 heteroatoms. The summed E-state index contributed by atoms with van der Waals surface area (Å²) >= 11 is 0. The smallest absolute Gasteiger partial charge is 0.726 e. The third kappa shape index (κ3) is 24.7. The van der Waals surface area contributed by atoms with E-state index in [1.807, 2.05) is 0 Å². The first-order valence-electron chi connectivity index (χ1n) is 2.11. The molecular formula is C3H5CsN2O4S. The summed E-state index contributed by atoms with van der Waals surface area (Å²) in [5, 5.41) is 0. The molecule has 0 saturated carbocycles. The molecule has 0 radical (unpaired) electrons. The van der Waals surface area contributed by atoms with E-state index in [9.17, 15) is 0 Å². The van der Waals surface area contributed by atoms with E-state index in [0.29, 0.717) is 0 Å². The van der Waals surface area contributed by atoms with E-state index in [1.54, 1.807) is 18.7 Å². The summed E-state index contributed by atoms with van der Waals surface area (Å²) in [5.74, 6) is 0. The number of nitrogens with one attached hydrogen (secondary N) is 1. The van der Waals surface area contributed by atoms with Crippen LogP contribution in [-0.2, 0) is 10.4 Å². The van der Waals surface area contributed by atoms with Crippen molar-refractivity contribution in [3.8, 4) is 0 Å². The molecule has 6 nitrogen and oxygen atoms in total. The van der Waals surface area contributed by atoms with Gasteiger partial charge in [-0.2, -0.15) is 0 Å². The number of aromatic nitrogens is 2. The standard InChI is InChI=1S/C3H4N2.Cs.H2O4S/c1-2-5-3-4-1;;1-5(2,3)4/h1-3H,(H,4,5);;(H2,1,2,3,4)/q;+1;/p-1. The van der Waals surface area contributed by atoms with Crippen molar-refractivity contribution in [2.45, 2.75) is 0 Å². The summed E-state index contributed by atoms with van der Waals surface area (Å²) in [6, 6.07) is 0. The fourth-order valence-electron chi connectivity index (χ4n) is 0.215. The molecule has 1 aromatic heterocycles. The molecule has 58 valence electrons. The van der Waals surface area contributed by atoms with Gasteiger partial charge in [-0.3, -0.25) is 4.55 Å². The predicted molar refractivity (Wildman–Crippen MR) is 30.9 cm³/mol. The van der Waals surface area contributed by atoms with Crippen LogP contribution in [0.3, 0.4) is 0 Å². The zero-order valence-corrected chi connectivity index (χ0v) is 12.9. The number of hydrogen-bond donors (Lipinski definition) is 2. The maximum Gasteiger partial charge on any atom is 1.00 e. The Bertz CT molecular complexity index is 219. The molecule has 0 fully saturated rings. The van der Waals surface area contributed by atoms with Gasteiger partial charge in [0.2, 0.25) is 10.4 Å². The van der Waals surface area contributed by atoms with E-state index in [1.165, 1.54) is 0 Å². The molecule has 1 aromatic rings. The Morgan fingerprint density at radius 2 is 2.00 bits per heavy atom. The Kier molecular flexibility index (Phi) is 10.3. The monoisotopic (exact) mass is 298 g/mol. The second kappa shape index (κ2) is 7.76. The van der Waals surface area contributed by atoms with Crippen LogP contribution in [0, 0.1) is 0 Å². The van der Waals surface area contributed by atoms with Crippen molar-refractivity contribution in [1.29, 1.82) is 0 Å². The minimum absolute atomic E-state index is 0. The van der Waals surface area contributed by atoms with E-state index in [2.05, 4.69) is 9.97 Å². The number of nitrogens with zero attached hydrogens (tertiary/aromatic N) is 1. The minimum Gasteiger partial charge on any atom is -0.726 e. The second-order valence-electron chi connectivity index (χ2n) is 1.19. The molecule has 1 heterocycles. The fraction of sp³-hybridized carbons (Fsp3) is 0. The van der Waals surface area contributed by atoms with Gasteiger partial charge in [0.15, 0.2) is 0 Å². The van der Waals surface area contributed by atoms with E-state index in [0.717, 1.165) is 0 Å². The van der Waals surface area contributed by atoms with Crippen molar-refractivity contribution >= 4 is 10.4 Å². The molecule has 1 rings (SSSR count). The third-order valence-corrected chi connectivity index (χ3v) is 0.406. The summed E-state index contributed by atoms with van der Waals surface area (Å²) in [6.45, 7) is 0.